The topological polar surface area (TPSA) is 140 Å². The predicted octanol–water partition coefficient (Wildman–Crippen LogP) is -0.688. The van der Waals surface area contributed by atoms with Gasteiger partial charge in [-0.3, -0.25) is 14.4 Å². The molecular weight excluding hydrogens is 314 g/mol. The summed E-state index contributed by atoms with van der Waals surface area (Å²) in [7, 11) is -2.63. The highest BCUT2D eigenvalue weighted by Crippen LogP contribution is 2.18. The smallest absolute Gasteiger partial charge is 0.314 e. The van der Waals surface area contributed by atoms with Crippen LogP contribution in [0.1, 0.15) is 6.42 Å². The Morgan fingerprint density at radius 1 is 1.18 bits per heavy atom. The largest absolute Gasteiger partial charge is 0.481 e. The van der Waals surface area contributed by atoms with E-state index in [1.807, 2.05) is 0 Å². The fraction of sp³-hybridized carbons (Fsp3) is 0.250. The van der Waals surface area contributed by atoms with E-state index >= 15 is 0 Å². The van der Waals surface area contributed by atoms with Crippen LogP contribution in [0.5, 0.6) is 0 Å². The Labute approximate surface area is 124 Å². The zero-order chi connectivity index (χ0) is 16.5. The Balaban J connectivity index is 2.45. The van der Waals surface area contributed by atoms with Gasteiger partial charge in [0, 0.05) is 13.6 Å². The van der Waals surface area contributed by atoms with E-state index in [0.29, 0.717) is 0 Å². The lowest BCUT2D eigenvalue weighted by Gasteiger charge is -2.16. The van der Waals surface area contributed by atoms with Crippen molar-refractivity contribution in [1.29, 1.82) is 0 Å². The van der Waals surface area contributed by atoms with Crippen LogP contribution in [0.2, 0.25) is 0 Å². The Morgan fingerprint density at radius 2 is 1.77 bits per heavy atom. The number of aromatic nitrogens is 2. The van der Waals surface area contributed by atoms with E-state index in [-0.39, 0.29) is 28.9 Å². The molecule has 0 aliphatic heterocycles. The highest BCUT2D eigenvalue weighted by atomic mass is 32.2. The van der Waals surface area contributed by atoms with E-state index in [2.05, 4.69) is 9.97 Å². The maximum atomic E-state index is 12.3. The number of carboxylic acid groups (broad SMARTS) is 1. The number of hydrogen-bond acceptors (Lipinski definition) is 5. The number of nitrogens with zero attached hydrogens (tertiary/aromatic N) is 1. The maximum Gasteiger partial charge on any atom is 0.314 e. The lowest BCUT2D eigenvalue weighted by Crippen LogP contribution is -2.30. The SMILES string of the molecule is CN(CCC(=O)O)S(=O)(=O)c1ccc2[nH]c(=O)c(=O)[nH]c2c1. The van der Waals surface area contributed by atoms with Crippen molar-refractivity contribution in [3.8, 4) is 0 Å². The molecule has 0 spiro atoms. The Morgan fingerprint density at radius 3 is 2.36 bits per heavy atom. The van der Waals surface area contributed by atoms with Crippen molar-refractivity contribution < 1.29 is 18.3 Å². The molecule has 1 heterocycles. The van der Waals surface area contributed by atoms with E-state index in [4.69, 9.17) is 5.11 Å². The average Bonchev–Trinajstić information content (AvgIpc) is 2.45. The van der Waals surface area contributed by atoms with Crippen LogP contribution in [0.25, 0.3) is 11.0 Å². The molecule has 2 rings (SSSR count). The van der Waals surface area contributed by atoms with Crippen molar-refractivity contribution in [1.82, 2.24) is 14.3 Å². The number of carboxylic acids is 1. The third kappa shape index (κ3) is 3.07. The standard InChI is InChI=1S/C12H13N3O6S/c1-15(5-4-10(16)17)22(20,21)7-2-3-8-9(6-7)14-12(19)11(18)13-8/h2-3,6H,4-5H2,1H3,(H,13,18)(H,14,19)(H,16,17). The quantitative estimate of drug-likeness (QED) is 0.621. The molecule has 0 amide bonds. The molecule has 0 unspecified atom stereocenters. The molecule has 3 N–H and O–H groups in total. The molecule has 1 aromatic carbocycles. The molecule has 0 saturated carbocycles. The van der Waals surface area contributed by atoms with Gasteiger partial charge < -0.3 is 15.1 Å². The van der Waals surface area contributed by atoms with Crippen molar-refractivity contribution in [2.75, 3.05) is 13.6 Å². The summed E-state index contributed by atoms with van der Waals surface area (Å²) >= 11 is 0. The molecular formula is C12H13N3O6S. The first-order valence-corrected chi connectivity index (χ1v) is 7.60. The zero-order valence-electron chi connectivity index (χ0n) is 11.5. The van der Waals surface area contributed by atoms with Crippen molar-refractivity contribution in [3.63, 3.8) is 0 Å². The first kappa shape index (κ1) is 15.9. The highest BCUT2D eigenvalue weighted by molar-refractivity contribution is 7.89. The van der Waals surface area contributed by atoms with Gasteiger partial charge in [-0.2, -0.15) is 0 Å². The van der Waals surface area contributed by atoms with E-state index in [1.165, 1.54) is 25.2 Å². The van der Waals surface area contributed by atoms with Crippen LogP contribution in [0.4, 0.5) is 0 Å². The third-order valence-corrected chi connectivity index (χ3v) is 4.90. The fourth-order valence-corrected chi connectivity index (χ4v) is 3.01. The Hall–Kier alpha value is -2.46. The fourth-order valence-electron chi connectivity index (χ4n) is 1.81. The van der Waals surface area contributed by atoms with Gasteiger partial charge in [-0.15, -0.1) is 0 Å². The van der Waals surface area contributed by atoms with Gasteiger partial charge in [0.1, 0.15) is 0 Å². The van der Waals surface area contributed by atoms with Gasteiger partial charge in [0.2, 0.25) is 10.0 Å². The average molecular weight is 327 g/mol. The highest BCUT2D eigenvalue weighted by Gasteiger charge is 2.21. The second-order valence-electron chi connectivity index (χ2n) is 4.59. The van der Waals surface area contributed by atoms with Gasteiger partial charge in [-0.05, 0) is 18.2 Å². The molecule has 0 aliphatic carbocycles. The minimum absolute atomic E-state index is 0.115. The van der Waals surface area contributed by atoms with E-state index < -0.39 is 27.1 Å². The monoisotopic (exact) mass is 327 g/mol. The lowest BCUT2D eigenvalue weighted by atomic mass is 10.3. The molecule has 0 saturated heterocycles. The number of nitrogens with one attached hydrogen (secondary N) is 2. The summed E-state index contributed by atoms with van der Waals surface area (Å²) in [4.78, 5) is 37.5. The van der Waals surface area contributed by atoms with Crippen molar-refractivity contribution in [2.45, 2.75) is 11.3 Å². The summed E-state index contributed by atoms with van der Waals surface area (Å²) in [5, 5.41) is 8.60. The molecule has 22 heavy (non-hydrogen) atoms. The summed E-state index contributed by atoms with van der Waals surface area (Å²) < 4.78 is 25.5. The lowest BCUT2D eigenvalue weighted by molar-refractivity contribution is -0.137. The molecule has 0 bridgehead atoms. The van der Waals surface area contributed by atoms with E-state index in [0.717, 1.165) is 4.31 Å². The van der Waals surface area contributed by atoms with Crippen LogP contribution in [0.15, 0.2) is 32.7 Å². The van der Waals surface area contributed by atoms with Crippen LogP contribution in [-0.2, 0) is 14.8 Å². The molecule has 0 radical (unpaired) electrons. The van der Waals surface area contributed by atoms with Gasteiger partial charge in [-0.25, -0.2) is 12.7 Å². The second-order valence-corrected chi connectivity index (χ2v) is 6.63. The maximum absolute atomic E-state index is 12.3. The van der Waals surface area contributed by atoms with Gasteiger partial charge in [-0.1, -0.05) is 0 Å². The number of hydrogen-bond donors (Lipinski definition) is 3. The number of aliphatic carboxylic acids is 1. The van der Waals surface area contributed by atoms with E-state index in [1.54, 1.807) is 0 Å². The number of carbonyl (C=O) groups is 1. The Kier molecular flexibility index (Phi) is 4.15. The molecule has 0 fully saturated rings. The van der Waals surface area contributed by atoms with Gasteiger partial charge in [0.05, 0.1) is 22.3 Å². The second kappa shape index (κ2) is 5.73. The minimum atomic E-state index is -3.89. The van der Waals surface area contributed by atoms with E-state index in [9.17, 15) is 22.8 Å². The normalized spacial score (nSPS) is 11.9. The molecule has 10 heteroatoms. The van der Waals surface area contributed by atoms with Gasteiger partial charge >= 0.3 is 17.1 Å². The summed E-state index contributed by atoms with van der Waals surface area (Å²) in [6.45, 7) is -0.183. The van der Waals surface area contributed by atoms with Crippen LogP contribution in [-0.4, -0.2) is 47.4 Å². The summed E-state index contributed by atoms with van der Waals surface area (Å²) in [6, 6.07) is 3.83. The van der Waals surface area contributed by atoms with Crippen molar-refractivity contribution in [2.24, 2.45) is 0 Å². The number of fused-ring (bicyclic) bond motifs is 1. The number of aromatic amines is 2. The zero-order valence-corrected chi connectivity index (χ0v) is 12.3. The number of sulfonamides is 1. The van der Waals surface area contributed by atoms with Gasteiger partial charge in [0.25, 0.3) is 0 Å². The number of rotatable bonds is 5. The minimum Gasteiger partial charge on any atom is -0.481 e. The molecule has 0 atom stereocenters. The molecule has 118 valence electrons. The number of H-pyrrole nitrogens is 2. The predicted molar refractivity (Wildman–Crippen MR) is 77.3 cm³/mol. The summed E-state index contributed by atoms with van der Waals surface area (Å²) in [5.41, 5.74) is -1.27. The Bertz CT molecular complexity index is 943. The van der Waals surface area contributed by atoms with Crippen molar-refractivity contribution >= 4 is 27.0 Å². The van der Waals surface area contributed by atoms with Crippen molar-refractivity contribution in [3.05, 3.63) is 38.9 Å². The number of benzene rings is 1. The molecule has 0 aliphatic rings. The molecule has 9 nitrogen and oxygen atoms in total. The first-order chi connectivity index (χ1) is 10.2. The summed E-state index contributed by atoms with van der Waals surface area (Å²) in [6.07, 6.45) is -0.326. The van der Waals surface area contributed by atoms with Crippen LogP contribution < -0.4 is 11.1 Å². The molecule has 2 aromatic rings. The van der Waals surface area contributed by atoms with Crippen LogP contribution in [0.3, 0.4) is 0 Å². The first-order valence-electron chi connectivity index (χ1n) is 6.16. The van der Waals surface area contributed by atoms with Crippen LogP contribution >= 0.6 is 0 Å². The van der Waals surface area contributed by atoms with Crippen LogP contribution in [0, 0.1) is 0 Å². The third-order valence-electron chi connectivity index (χ3n) is 3.04. The molecule has 1 aromatic heterocycles. The summed E-state index contributed by atoms with van der Waals surface area (Å²) in [5.74, 6) is -1.11. The van der Waals surface area contributed by atoms with Gasteiger partial charge in [0.15, 0.2) is 0 Å².